The van der Waals surface area contributed by atoms with Crippen LogP contribution in [0.3, 0.4) is 0 Å². The number of aliphatic hydroxyl groups is 1. The molecule has 0 atom stereocenters. The Morgan fingerprint density at radius 1 is 1.00 bits per heavy atom. The summed E-state index contributed by atoms with van der Waals surface area (Å²) in [5, 5.41) is 8.82. The summed E-state index contributed by atoms with van der Waals surface area (Å²) in [5.74, 6) is 0. The molecule has 0 aliphatic carbocycles. The van der Waals surface area contributed by atoms with Crippen molar-refractivity contribution >= 4 is 21.5 Å². The van der Waals surface area contributed by atoms with Crippen LogP contribution >= 0.6 is 11.3 Å². The highest BCUT2D eigenvalue weighted by Gasteiger charge is 2.14. The second-order valence-electron chi connectivity index (χ2n) is 5.39. The maximum Gasteiger partial charge on any atom is 0.296 e. The molecule has 6 heteroatoms. The van der Waals surface area contributed by atoms with Crippen molar-refractivity contribution in [2.75, 3.05) is 13.2 Å². The number of hydrogen-bond donors (Lipinski definition) is 1. The summed E-state index contributed by atoms with van der Waals surface area (Å²) in [6.07, 6.45) is 3.12. The third-order valence-electron chi connectivity index (χ3n) is 3.41. The van der Waals surface area contributed by atoms with Gasteiger partial charge in [-0.2, -0.15) is 8.42 Å². The first kappa shape index (κ1) is 18.1. The van der Waals surface area contributed by atoms with Crippen LogP contribution in [0.2, 0.25) is 0 Å². The van der Waals surface area contributed by atoms with Crippen molar-refractivity contribution in [3.8, 4) is 0 Å². The molecule has 0 spiro atoms. The van der Waals surface area contributed by atoms with E-state index in [4.69, 9.17) is 9.29 Å². The quantitative estimate of drug-likeness (QED) is 0.554. The Balaban J connectivity index is 1.78. The van der Waals surface area contributed by atoms with Gasteiger partial charge in [0.15, 0.2) is 0 Å². The first-order valence-corrected chi connectivity index (χ1v) is 9.88. The molecule has 0 saturated heterocycles. The fourth-order valence-electron chi connectivity index (χ4n) is 2.13. The summed E-state index contributed by atoms with van der Waals surface area (Å²) in [7, 11) is -3.66. The number of benzene rings is 1. The predicted molar refractivity (Wildman–Crippen MR) is 92.4 cm³/mol. The summed E-state index contributed by atoms with van der Waals surface area (Å²) in [6.45, 7) is 2.30. The maximum atomic E-state index is 12.0. The average Bonchev–Trinajstić information content (AvgIpc) is 2.98. The van der Waals surface area contributed by atoms with Crippen molar-refractivity contribution in [2.24, 2.45) is 0 Å². The van der Waals surface area contributed by atoms with Crippen LogP contribution in [-0.2, 0) is 27.1 Å². The number of aryl methyl sites for hydroxylation is 3. The number of rotatable bonds is 9. The fraction of sp³-hybridized carbons (Fsp3) is 0.412. The van der Waals surface area contributed by atoms with Gasteiger partial charge in [-0.15, -0.1) is 11.3 Å². The van der Waals surface area contributed by atoms with Gasteiger partial charge in [-0.25, -0.2) is 0 Å². The summed E-state index contributed by atoms with van der Waals surface area (Å²) in [6, 6.07) is 10.8. The van der Waals surface area contributed by atoms with Gasteiger partial charge >= 0.3 is 0 Å². The standard InChI is InChI=1S/C17H22O4S2/c1-14-6-10-17(11-7-14)23(19,20)21-13-3-5-16-9-8-15(22-16)4-2-12-18/h6-11,18H,2-5,12-13H2,1H3. The predicted octanol–water partition coefficient (Wildman–Crippen LogP) is 3.32. The lowest BCUT2D eigenvalue weighted by Gasteiger charge is -2.05. The lowest BCUT2D eigenvalue weighted by Crippen LogP contribution is -2.08. The number of hydrogen-bond acceptors (Lipinski definition) is 5. The normalized spacial score (nSPS) is 11.7. The van der Waals surface area contributed by atoms with Gasteiger partial charge in [0.1, 0.15) is 0 Å². The molecule has 2 aromatic rings. The average molecular weight is 354 g/mol. The zero-order valence-electron chi connectivity index (χ0n) is 13.2. The van der Waals surface area contributed by atoms with Crippen LogP contribution in [-0.4, -0.2) is 26.7 Å². The first-order chi connectivity index (χ1) is 11.0. The van der Waals surface area contributed by atoms with Crippen molar-refractivity contribution < 1.29 is 17.7 Å². The molecule has 0 aliphatic rings. The first-order valence-electron chi connectivity index (χ1n) is 7.66. The molecule has 1 aromatic heterocycles. The molecule has 1 heterocycles. The number of thiophene rings is 1. The number of aliphatic hydroxyl groups excluding tert-OH is 1. The van der Waals surface area contributed by atoms with Gasteiger partial charge in [0.2, 0.25) is 0 Å². The summed E-state index contributed by atoms with van der Waals surface area (Å²) >= 11 is 1.71. The largest absolute Gasteiger partial charge is 0.396 e. The van der Waals surface area contributed by atoms with Crippen LogP contribution in [0.25, 0.3) is 0 Å². The van der Waals surface area contributed by atoms with Crippen molar-refractivity contribution in [1.82, 2.24) is 0 Å². The van der Waals surface area contributed by atoms with Crippen LogP contribution in [0, 0.1) is 6.92 Å². The molecule has 4 nitrogen and oxygen atoms in total. The smallest absolute Gasteiger partial charge is 0.296 e. The zero-order chi connectivity index (χ0) is 16.7. The summed E-state index contributed by atoms with van der Waals surface area (Å²) in [4.78, 5) is 2.67. The van der Waals surface area contributed by atoms with Gasteiger partial charge in [0.05, 0.1) is 11.5 Å². The van der Waals surface area contributed by atoms with Crippen LogP contribution in [0.5, 0.6) is 0 Å². The van der Waals surface area contributed by atoms with Crippen molar-refractivity contribution in [3.63, 3.8) is 0 Å². The fourth-order valence-corrected chi connectivity index (χ4v) is 4.18. The van der Waals surface area contributed by atoms with E-state index in [0.29, 0.717) is 6.42 Å². The zero-order valence-corrected chi connectivity index (χ0v) is 14.8. The van der Waals surface area contributed by atoms with Gasteiger partial charge in [-0.3, -0.25) is 4.18 Å². The molecule has 0 unspecified atom stereocenters. The van der Waals surface area contributed by atoms with Gasteiger partial charge < -0.3 is 5.11 Å². The Kier molecular flexibility index (Phi) is 6.77. The lowest BCUT2D eigenvalue weighted by atomic mass is 10.2. The van der Waals surface area contributed by atoms with Crippen LogP contribution in [0.15, 0.2) is 41.3 Å². The van der Waals surface area contributed by atoms with E-state index >= 15 is 0 Å². The van der Waals surface area contributed by atoms with Crippen molar-refractivity contribution in [1.29, 1.82) is 0 Å². The lowest BCUT2D eigenvalue weighted by molar-refractivity contribution is 0.289. The molecule has 1 aromatic carbocycles. The molecular formula is C17H22O4S2. The molecule has 0 saturated carbocycles. The van der Waals surface area contributed by atoms with Gasteiger partial charge in [0.25, 0.3) is 10.1 Å². The Hall–Kier alpha value is -1.21. The van der Waals surface area contributed by atoms with Crippen molar-refractivity contribution in [2.45, 2.75) is 37.5 Å². The topological polar surface area (TPSA) is 63.6 Å². The molecule has 126 valence electrons. The Labute approximate surface area is 141 Å². The third-order valence-corrected chi connectivity index (χ3v) is 5.95. The molecule has 0 bridgehead atoms. The SMILES string of the molecule is Cc1ccc(S(=O)(=O)OCCCc2ccc(CCCO)s2)cc1. The monoisotopic (exact) mass is 354 g/mol. The van der Waals surface area contributed by atoms with E-state index in [9.17, 15) is 8.42 Å². The minimum atomic E-state index is -3.66. The molecular weight excluding hydrogens is 332 g/mol. The highest BCUT2D eigenvalue weighted by molar-refractivity contribution is 7.86. The maximum absolute atomic E-state index is 12.0. The van der Waals surface area contributed by atoms with E-state index in [1.165, 1.54) is 9.75 Å². The van der Waals surface area contributed by atoms with E-state index < -0.39 is 10.1 Å². The molecule has 0 fully saturated rings. The Morgan fingerprint density at radius 2 is 1.61 bits per heavy atom. The highest BCUT2D eigenvalue weighted by Crippen LogP contribution is 2.20. The van der Waals surface area contributed by atoms with E-state index in [-0.39, 0.29) is 18.1 Å². The van der Waals surface area contributed by atoms with Crippen LogP contribution in [0.4, 0.5) is 0 Å². The summed E-state index contributed by atoms with van der Waals surface area (Å²) < 4.78 is 29.2. The minimum absolute atomic E-state index is 0.181. The molecule has 23 heavy (non-hydrogen) atoms. The molecule has 0 amide bonds. The summed E-state index contributed by atoms with van der Waals surface area (Å²) in [5.41, 5.74) is 1.01. The molecule has 0 aliphatic heterocycles. The highest BCUT2D eigenvalue weighted by atomic mass is 32.2. The minimum Gasteiger partial charge on any atom is -0.396 e. The van der Waals surface area contributed by atoms with Gasteiger partial charge in [-0.1, -0.05) is 17.7 Å². The van der Waals surface area contributed by atoms with Gasteiger partial charge in [-0.05, 0) is 56.9 Å². The van der Waals surface area contributed by atoms with Crippen LogP contribution in [0.1, 0.15) is 28.2 Å². The van der Waals surface area contributed by atoms with Crippen molar-refractivity contribution in [3.05, 3.63) is 51.7 Å². The van der Waals surface area contributed by atoms with Gasteiger partial charge in [0, 0.05) is 16.4 Å². The van der Waals surface area contributed by atoms with Crippen LogP contribution < -0.4 is 0 Å². The molecule has 0 radical (unpaired) electrons. The van der Waals surface area contributed by atoms with E-state index in [1.54, 1.807) is 35.6 Å². The van der Waals surface area contributed by atoms with E-state index in [2.05, 4.69) is 12.1 Å². The Morgan fingerprint density at radius 3 is 2.22 bits per heavy atom. The molecule has 1 N–H and O–H groups in total. The molecule has 2 rings (SSSR count). The second kappa shape index (κ2) is 8.59. The third kappa shape index (κ3) is 5.73. The van der Waals surface area contributed by atoms with E-state index in [1.807, 2.05) is 6.92 Å². The van der Waals surface area contributed by atoms with E-state index in [0.717, 1.165) is 24.8 Å². The Bertz CT molecular complexity index is 702. The second-order valence-corrected chi connectivity index (χ2v) is 8.26.